The lowest BCUT2D eigenvalue weighted by Gasteiger charge is -2.12. The molecule has 0 aliphatic heterocycles. The van der Waals surface area contributed by atoms with Crippen LogP contribution in [0.3, 0.4) is 0 Å². The fourth-order valence-electron chi connectivity index (χ4n) is 4.43. The van der Waals surface area contributed by atoms with Gasteiger partial charge in [-0.15, -0.1) is 0 Å². The minimum atomic E-state index is -0.901. The molecule has 9 heteroatoms. The first-order valence-electron chi connectivity index (χ1n) is 14.9. The van der Waals surface area contributed by atoms with Crippen molar-refractivity contribution in [1.29, 1.82) is 0 Å². The molecule has 0 saturated heterocycles. The highest BCUT2D eigenvalue weighted by atomic mass is 16.7. The topological polar surface area (TPSA) is 107 Å². The summed E-state index contributed by atoms with van der Waals surface area (Å²) in [4.78, 5) is 37.0. The average Bonchev–Trinajstić information content (AvgIpc) is 3.10. The van der Waals surface area contributed by atoms with Crippen LogP contribution in [0, 0.1) is 0 Å². The van der Waals surface area contributed by atoms with E-state index in [1.807, 2.05) is 103 Å². The van der Waals surface area contributed by atoms with Crippen LogP contribution in [0.4, 0.5) is 14.4 Å². The van der Waals surface area contributed by atoms with Crippen molar-refractivity contribution in [1.82, 2.24) is 0 Å². The van der Waals surface area contributed by atoms with Crippen LogP contribution >= 0.6 is 0 Å². The molecule has 47 heavy (non-hydrogen) atoms. The van der Waals surface area contributed by atoms with Crippen molar-refractivity contribution in [2.24, 2.45) is 0 Å². The smallest absolute Gasteiger partial charge is 0.429 e. The number of benzene rings is 5. The first-order valence-corrected chi connectivity index (χ1v) is 14.9. The highest BCUT2D eigenvalue weighted by Gasteiger charge is 2.14. The summed E-state index contributed by atoms with van der Waals surface area (Å²) in [7, 11) is 0. The number of hydrogen-bond donors (Lipinski definition) is 0. The van der Waals surface area contributed by atoms with Gasteiger partial charge in [-0.05, 0) is 64.9 Å². The Morgan fingerprint density at radius 2 is 0.723 bits per heavy atom. The van der Waals surface area contributed by atoms with Crippen molar-refractivity contribution in [3.8, 4) is 17.2 Å². The molecule has 238 valence electrons. The molecular weight excluding hydrogens is 600 g/mol. The van der Waals surface area contributed by atoms with Gasteiger partial charge in [0, 0.05) is 6.07 Å². The van der Waals surface area contributed by atoms with Gasteiger partial charge in [0.25, 0.3) is 0 Å². The summed E-state index contributed by atoms with van der Waals surface area (Å²) in [5.41, 5.74) is 4.16. The third-order valence-electron chi connectivity index (χ3n) is 6.77. The molecule has 0 bridgehead atoms. The Balaban J connectivity index is 1.19. The SMILES string of the molecule is O=C(OCc1ccccc1)Oc1ccc(CCc2cc(OC(=O)OCc3ccccc3)cc(OC(=O)OCc3ccccc3)c2)cc1. The second-order valence-electron chi connectivity index (χ2n) is 10.3. The number of carbonyl (C=O) groups excluding carboxylic acids is 3. The molecule has 0 radical (unpaired) electrons. The van der Waals surface area contributed by atoms with Gasteiger partial charge < -0.3 is 28.4 Å². The Kier molecular flexibility index (Phi) is 11.6. The Labute approximate surface area is 272 Å². The lowest BCUT2D eigenvalue weighted by Crippen LogP contribution is -2.12. The standard InChI is InChI=1S/C38H32O9/c39-36(42-25-29-10-4-1-5-11-29)45-33-20-18-28(19-21-33)16-17-32-22-34(46-37(40)43-26-30-12-6-2-7-13-30)24-35(23-32)47-38(41)44-27-31-14-8-3-9-15-31/h1-15,18-24H,16-17,25-27H2. The van der Waals surface area contributed by atoms with E-state index in [0.29, 0.717) is 18.6 Å². The van der Waals surface area contributed by atoms with Gasteiger partial charge in [0.1, 0.15) is 37.1 Å². The average molecular weight is 633 g/mol. The lowest BCUT2D eigenvalue weighted by molar-refractivity contribution is 0.0905. The monoisotopic (exact) mass is 632 g/mol. The molecule has 0 saturated carbocycles. The first kappa shape index (κ1) is 32.3. The molecule has 0 unspecified atom stereocenters. The van der Waals surface area contributed by atoms with E-state index in [1.165, 1.54) is 6.07 Å². The van der Waals surface area contributed by atoms with E-state index in [1.54, 1.807) is 24.3 Å². The summed E-state index contributed by atoms with van der Waals surface area (Å²) in [5.74, 6) is 0.634. The van der Waals surface area contributed by atoms with Gasteiger partial charge in [-0.3, -0.25) is 0 Å². The molecule has 5 aromatic carbocycles. The number of ether oxygens (including phenoxy) is 6. The van der Waals surface area contributed by atoms with Crippen LogP contribution in [0.5, 0.6) is 17.2 Å². The molecular formula is C38H32O9. The summed E-state index contributed by atoms with van der Waals surface area (Å²) >= 11 is 0. The van der Waals surface area contributed by atoms with Crippen molar-refractivity contribution < 1.29 is 42.8 Å². The molecule has 0 amide bonds. The number of carbonyl (C=O) groups is 3. The molecule has 0 N–H and O–H groups in total. The van der Waals surface area contributed by atoms with E-state index >= 15 is 0 Å². The third-order valence-corrected chi connectivity index (χ3v) is 6.77. The minimum absolute atomic E-state index is 0.0407. The van der Waals surface area contributed by atoms with Crippen LogP contribution in [0.1, 0.15) is 27.8 Å². The highest BCUT2D eigenvalue weighted by Crippen LogP contribution is 2.26. The Morgan fingerprint density at radius 1 is 0.362 bits per heavy atom. The van der Waals surface area contributed by atoms with Crippen molar-refractivity contribution in [2.75, 3.05) is 0 Å². The molecule has 9 nitrogen and oxygen atoms in total. The first-order chi connectivity index (χ1) is 23.0. The van der Waals surface area contributed by atoms with Crippen LogP contribution in [0.15, 0.2) is 133 Å². The van der Waals surface area contributed by atoms with Crippen molar-refractivity contribution in [2.45, 2.75) is 32.7 Å². The number of aryl methyl sites for hydroxylation is 2. The Hall–Kier alpha value is -6.09. The minimum Gasteiger partial charge on any atom is -0.429 e. The quantitative estimate of drug-likeness (QED) is 0.0759. The van der Waals surface area contributed by atoms with E-state index in [9.17, 15) is 14.4 Å². The fourth-order valence-corrected chi connectivity index (χ4v) is 4.43. The molecule has 5 aromatic rings. The number of rotatable bonds is 12. The summed E-state index contributed by atoms with van der Waals surface area (Å²) in [5, 5.41) is 0. The zero-order chi connectivity index (χ0) is 32.7. The fraction of sp³-hybridized carbons (Fsp3) is 0.132. The van der Waals surface area contributed by atoms with Crippen LogP contribution in [-0.2, 0) is 46.9 Å². The summed E-state index contributed by atoms with van der Waals surface area (Å²) < 4.78 is 31.8. The van der Waals surface area contributed by atoms with Gasteiger partial charge in [-0.1, -0.05) is 103 Å². The maximum atomic E-state index is 12.5. The number of hydrogen-bond acceptors (Lipinski definition) is 9. The maximum absolute atomic E-state index is 12.5. The van der Waals surface area contributed by atoms with Crippen molar-refractivity contribution in [3.63, 3.8) is 0 Å². The Bertz CT molecular complexity index is 1660. The molecule has 0 fully saturated rings. The van der Waals surface area contributed by atoms with Gasteiger partial charge in [0.05, 0.1) is 0 Å². The van der Waals surface area contributed by atoms with Gasteiger partial charge in [0.2, 0.25) is 0 Å². The van der Waals surface area contributed by atoms with E-state index in [2.05, 4.69) is 0 Å². The lowest BCUT2D eigenvalue weighted by atomic mass is 10.0. The van der Waals surface area contributed by atoms with Gasteiger partial charge in [-0.25, -0.2) is 14.4 Å². The second kappa shape index (κ2) is 16.8. The van der Waals surface area contributed by atoms with E-state index < -0.39 is 18.5 Å². The molecule has 0 heterocycles. The third kappa shape index (κ3) is 11.1. The molecule has 0 aliphatic carbocycles. The molecule has 0 aliphatic rings. The zero-order valence-corrected chi connectivity index (χ0v) is 25.4. The zero-order valence-electron chi connectivity index (χ0n) is 25.4. The summed E-state index contributed by atoms with van der Waals surface area (Å²) in [6, 6.07) is 39.5. The summed E-state index contributed by atoms with van der Waals surface area (Å²) in [6.07, 6.45) is -1.51. The Morgan fingerprint density at radius 3 is 1.13 bits per heavy atom. The predicted molar refractivity (Wildman–Crippen MR) is 172 cm³/mol. The molecule has 0 atom stereocenters. The van der Waals surface area contributed by atoms with Crippen LogP contribution < -0.4 is 14.2 Å². The molecule has 0 spiro atoms. The van der Waals surface area contributed by atoms with Gasteiger partial charge in [-0.2, -0.15) is 0 Å². The normalized spacial score (nSPS) is 10.4. The van der Waals surface area contributed by atoms with Gasteiger partial charge >= 0.3 is 18.5 Å². The highest BCUT2D eigenvalue weighted by molar-refractivity contribution is 5.67. The van der Waals surface area contributed by atoms with E-state index in [0.717, 1.165) is 27.8 Å². The van der Waals surface area contributed by atoms with Crippen LogP contribution in [0.2, 0.25) is 0 Å². The van der Waals surface area contributed by atoms with Gasteiger partial charge in [0.15, 0.2) is 0 Å². The predicted octanol–water partition coefficient (Wildman–Crippen LogP) is 8.62. The molecule has 0 aromatic heterocycles. The van der Waals surface area contributed by atoms with Crippen LogP contribution in [-0.4, -0.2) is 18.5 Å². The van der Waals surface area contributed by atoms with E-state index in [4.69, 9.17) is 28.4 Å². The van der Waals surface area contributed by atoms with Crippen LogP contribution in [0.25, 0.3) is 0 Å². The second-order valence-corrected chi connectivity index (χ2v) is 10.3. The summed E-state index contributed by atoms with van der Waals surface area (Å²) in [6.45, 7) is 0.194. The maximum Gasteiger partial charge on any atom is 0.514 e. The van der Waals surface area contributed by atoms with E-state index in [-0.39, 0.29) is 31.3 Å². The van der Waals surface area contributed by atoms with Crippen molar-refractivity contribution in [3.05, 3.63) is 161 Å². The molecule has 5 rings (SSSR count). The van der Waals surface area contributed by atoms with Crippen molar-refractivity contribution >= 4 is 18.5 Å². The largest absolute Gasteiger partial charge is 0.514 e.